The summed E-state index contributed by atoms with van der Waals surface area (Å²) < 4.78 is 10.7. The number of piperazine rings is 1. The van der Waals surface area contributed by atoms with Gasteiger partial charge in [-0.05, 0) is 29.5 Å². The molecule has 0 bridgehead atoms. The summed E-state index contributed by atoms with van der Waals surface area (Å²) in [4.78, 5) is 32.1. The molecule has 7 nitrogen and oxygen atoms in total. The average molecular weight is 427 g/mol. The van der Waals surface area contributed by atoms with Crippen LogP contribution in [-0.4, -0.2) is 43.2 Å². The van der Waals surface area contributed by atoms with Gasteiger partial charge >= 0.3 is 0 Å². The summed E-state index contributed by atoms with van der Waals surface area (Å²) in [6.45, 7) is 4.25. The van der Waals surface area contributed by atoms with Crippen LogP contribution in [0, 0.1) is 5.92 Å². The molecule has 31 heavy (non-hydrogen) atoms. The zero-order valence-electron chi connectivity index (χ0n) is 18.5. The van der Waals surface area contributed by atoms with E-state index in [9.17, 15) is 9.59 Å². The molecule has 2 amide bonds. The second-order valence-corrected chi connectivity index (χ2v) is 8.01. The number of rotatable bonds is 9. The molecule has 166 valence electrons. The lowest BCUT2D eigenvalue weighted by molar-refractivity contribution is -0.216. The fraction of sp³-hybridized carbons (Fsp3) is 0.417. The number of carbonyl (C=O) groups is 2. The molecule has 0 aliphatic carbocycles. The Kier molecular flexibility index (Phi) is 7.52. The minimum absolute atomic E-state index is 0.209. The smallest absolute Gasteiger partial charge is 0.269 e. The van der Waals surface area contributed by atoms with E-state index < -0.39 is 12.1 Å². The van der Waals surface area contributed by atoms with Gasteiger partial charge in [0.25, 0.3) is 5.91 Å². The Balaban J connectivity index is 1.81. The van der Waals surface area contributed by atoms with Gasteiger partial charge in [-0.3, -0.25) is 14.4 Å². The summed E-state index contributed by atoms with van der Waals surface area (Å²) in [6.07, 6.45) is 0.808. The molecule has 1 N–H and O–H groups in total. The van der Waals surface area contributed by atoms with Crippen molar-refractivity contribution in [1.29, 1.82) is 0 Å². The van der Waals surface area contributed by atoms with Crippen molar-refractivity contribution < 1.29 is 23.9 Å². The summed E-state index contributed by atoms with van der Waals surface area (Å²) in [6, 6.07) is 13.6. The van der Waals surface area contributed by atoms with E-state index in [0.717, 1.165) is 11.1 Å². The van der Waals surface area contributed by atoms with E-state index in [1.165, 1.54) is 5.06 Å². The van der Waals surface area contributed by atoms with Gasteiger partial charge in [-0.25, -0.2) is 5.06 Å². The van der Waals surface area contributed by atoms with Crippen molar-refractivity contribution in [3.05, 3.63) is 59.7 Å². The fourth-order valence-corrected chi connectivity index (χ4v) is 3.64. The molecular formula is C24H30N2O5. The maximum absolute atomic E-state index is 13.3. The van der Waals surface area contributed by atoms with Gasteiger partial charge < -0.3 is 14.8 Å². The largest absolute Gasteiger partial charge is 0.497 e. The van der Waals surface area contributed by atoms with Crippen LogP contribution in [0.15, 0.2) is 48.5 Å². The zero-order chi connectivity index (χ0) is 22.4. The van der Waals surface area contributed by atoms with Crippen LogP contribution in [0.5, 0.6) is 11.5 Å². The van der Waals surface area contributed by atoms with E-state index in [2.05, 4.69) is 5.32 Å². The molecule has 0 saturated carbocycles. The van der Waals surface area contributed by atoms with E-state index in [0.29, 0.717) is 17.9 Å². The summed E-state index contributed by atoms with van der Waals surface area (Å²) in [5.74, 6) is 1.01. The van der Waals surface area contributed by atoms with Gasteiger partial charge in [0, 0.05) is 12.5 Å². The van der Waals surface area contributed by atoms with E-state index in [1.807, 2.05) is 50.2 Å². The first-order valence-electron chi connectivity index (χ1n) is 10.4. The lowest BCUT2D eigenvalue weighted by Crippen LogP contribution is -2.63. The maximum atomic E-state index is 13.3. The van der Waals surface area contributed by atoms with Gasteiger partial charge in [0.2, 0.25) is 5.91 Å². The molecule has 0 spiro atoms. The highest BCUT2D eigenvalue weighted by molar-refractivity contribution is 5.96. The molecule has 2 aromatic rings. The van der Waals surface area contributed by atoms with Crippen LogP contribution < -0.4 is 14.8 Å². The van der Waals surface area contributed by atoms with E-state index in [4.69, 9.17) is 14.3 Å². The van der Waals surface area contributed by atoms with Gasteiger partial charge in [-0.2, -0.15) is 0 Å². The van der Waals surface area contributed by atoms with Crippen LogP contribution in [-0.2, 0) is 27.5 Å². The Hall–Kier alpha value is -3.06. The highest BCUT2D eigenvalue weighted by atomic mass is 16.7. The molecule has 1 aliphatic heterocycles. The third-order valence-electron chi connectivity index (χ3n) is 5.24. The summed E-state index contributed by atoms with van der Waals surface area (Å²) in [5, 5.41) is 4.15. The molecule has 2 atom stereocenters. The first-order chi connectivity index (χ1) is 14.9. The summed E-state index contributed by atoms with van der Waals surface area (Å²) in [7, 11) is 3.14. The second kappa shape index (κ2) is 10.3. The van der Waals surface area contributed by atoms with Gasteiger partial charge in [-0.1, -0.05) is 50.2 Å². The quantitative estimate of drug-likeness (QED) is 0.667. The van der Waals surface area contributed by atoms with Crippen molar-refractivity contribution in [2.24, 2.45) is 5.92 Å². The predicted octanol–water partition coefficient (Wildman–Crippen LogP) is 3.12. The number of nitrogens with zero attached hydrogens (tertiary/aromatic N) is 1. The number of benzene rings is 2. The summed E-state index contributed by atoms with van der Waals surface area (Å²) >= 11 is 0. The standard InChI is InChI=1S/C24H30N2O5/c1-16(2)12-21-23(27)25-20(13-18-10-11-19(29-3)14-22(18)30-4)24(28)26(21)31-15-17-8-6-5-7-9-17/h5-11,14,16,20-21H,12-13,15H2,1-4H3,(H,25,27). The van der Waals surface area contributed by atoms with E-state index >= 15 is 0 Å². The van der Waals surface area contributed by atoms with Crippen LogP contribution >= 0.6 is 0 Å². The van der Waals surface area contributed by atoms with Gasteiger partial charge in [0.15, 0.2) is 0 Å². The van der Waals surface area contributed by atoms with Crippen LogP contribution in [0.25, 0.3) is 0 Å². The minimum Gasteiger partial charge on any atom is -0.497 e. The SMILES string of the molecule is COc1ccc(CC2NC(=O)C(CC(C)C)N(OCc3ccccc3)C2=O)c(OC)c1. The Bertz CT molecular complexity index is 900. The molecule has 1 saturated heterocycles. The third-order valence-corrected chi connectivity index (χ3v) is 5.24. The average Bonchev–Trinajstić information content (AvgIpc) is 2.77. The number of carbonyl (C=O) groups excluding carboxylic acids is 2. The number of hydroxylamine groups is 2. The van der Waals surface area contributed by atoms with Gasteiger partial charge in [0.1, 0.15) is 30.2 Å². The van der Waals surface area contributed by atoms with Crippen molar-refractivity contribution in [1.82, 2.24) is 10.4 Å². The molecule has 1 aliphatic rings. The number of methoxy groups -OCH3 is 2. The van der Waals surface area contributed by atoms with Crippen LogP contribution in [0.1, 0.15) is 31.4 Å². The molecule has 1 fully saturated rings. The van der Waals surface area contributed by atoms with Crippen molar-refractivity contribution in [2.75, 3.05) is 14.2 Å². The Morgan fingerprint density at radius 2 is 1.77 bits per heavy atom. The van der Waals surface area contributed by atoms with Crippen molar-refractivity contribution in [3.8, 4) is 11.5 Å². The Morgan fingerprint density at radius 3 is 2.42 bits per heavy atom. The molecule has 2 unspecified atom stereocenters. The second-order valence-electron chi connectivity index (χ2n) is 8.01. The highest BCUT2D eigenvalue weighted by Crippen LogP contribution is 2.27. The molecule has 0 radical (unpaired) electrons. The fourth-order valence-electron chi connectivity index (χ4n) is 3.64. The first-order valence-corrected chi connectivity index (χ1v) is 10.4. The van der Waals surface area contributed by atoms with Crippen molar-refractivity contribution in [3.63, 3.8) is 0 Å². The number of ether oxygens (including phenoxy) is 2. The Labute approximate surface area is 183 Å². The Morgan fingerprint density at radius 1 is 1.03 bits per heavy atom. The number of amides is 2. The molecule has 1 heterocycles. The molecule has 3 rings (SSSR count). The van der Waals surface area contributed by atoms with Crippen molar-refractivity contribution in [2.45, 2.75) is 45.4 Å². The van der Waals surface area contributed by atoms with Crippen molar-refractivity contribution >= 4 is 11.8 Å². The molecule has 7 heteroatoms. The monoisotopic (exact) mass is 426 g/mol. The summed E-state index contributed by atoms with van der Waals surface area (Å²) in [5.41, 5.74) is 1.73. The molecular weight excluding hydrogens is 396 g/mol. The lowest BCUT2D eigenvalue weighted by Gasteiger charge is -2.38. The lowest BCUT2D eigenvalue weighted by atomic mass is 9.96. The third kappa shape index (κ3) is 5.55. The maximum Gasteiger partial charge on any atom is 0.269 e. The van der Waals surface area contributed by atoms with E-state index in [-0.39, 0.29) is 30.8 Å². The van der Waals surface area contributed by atoms with E-state index in [1.54, 1.807) is 26.4 Å². The highest BCUT2D eigenvalue weighted by Gasteiger charge is 2.42. The van der Waals surface area contributed by atoms with Gasteiger partial charge in [0.05, 0.1) is 14.2 Å². The van der Waals surface area contributed by atoms with Crippen LogP contribution in [0.4, 0.5) is 0 Å². The predicted molar refractivity (Wildman–Crippen MR) is 117 cm³/mol. The number of hydrogen-bond donors (Lipinski definition) is 1. The number of hydrogen-bond acceptors (Lipinski definition) is 5. The molecule has 0 aromatic heterocycles. The van der Waals surface area contributed by atoms with Crippen LogP contribution in [0.3, 0.4) is 0 Å². The zero-order valence-corrected chi connectivity index (χ0v) is 18.5. The molecule has 2 aromatic carbocycles. The number of nitrogens with one attached hydrogen (secondary N) is 1. The topological polar surface area (TPSA) is 77.1 Å². The van der Waals surface area contributed by atoms with Gasteiger partial charge in [-0.15, -0.1) is 0 Å². The normalized spacial score (nSPS) is 18.8. The minimum atomic E-state index is -0.742. The first kappa shape index (κ1) is 22.6. The van der Waals surface area contributed by atoms with Crippen LogP contribution in [0.2, 0.25) is 0 Å².